The van der Waals surface area contributed by atoms with Crippen LogP contribution in [0.5, 0.6) is 0 Å². The largest absolute Gasteiger partial charge is 0.480 e. The van der Waals surface area contributed by atoms with E-state index in [1.165, 1.54) is 12.5 Å². The second-order valence-corrected chi connectivity index (χ2v) is 5.21. The Hall–Kier alpha value is -3.15. The normalized spacial score (nSPS) is 12.0. The highest BCUT2D eigenvalue weighted by Gasteiger charge is 2.21. The summed E-state index contributed by atoms with van der Waals surface area (Å²) in [5.41, 5.74) is 1.08. The smallest absolute Gasteiger partial charge is 0.326 e. The highest BCUT2D eigenvalue weighted by Crippen LogP contribution is 2.15. The Morgan fingerprint density at radius 2 is 1.96 bits per heavy atom. The molecule has 3 N–H and O–H groups in total. The number of carboxylic acids is 1. The van der Waals surface area contributed by atoms with Crippen LogP contribution in [0.15, 0.2) is 55.0 Å². The van der Waals surface area contributed by atoms with Crippen LogP contribution in [0.2, 0.25) is 0 Å². The summed E-state index contributed by atoms with van der Waals surface area (Å²) >= 11 is 0. The number of nitrogens with zero attached hydrogens (tertiary/aromatic N) is 1. The van der Waals surface area contributed by atoms with E-state index in [0.717, 1.165) is 10.8 Å². The molecular weight excluding hydrogens is 294 g/mol. The molecule has 0 saturated heterocycles. The molecule has 0 radical (unpaired) electrons. The summed E-state index contributed by atoms with van der Waals surface area (Å²) in [6.07, 6.45) is 3.16. The fourth-order valence-corrected chi connectivity index (χ4v) is 2.39. The van der Waals surface area contributed by atoms with Gasteiger partial charge in [0.2, 0.25) is 0 Å². The average molecular weight is 309 g/mol. The summed E-state index contributed by atoms with van der Waals surface area (Å²) in [6, 6.07) is 11.9. The van der Waals surface area contributed by atoms with E-state index in [-0.39, 0.29) is 6.42 Å². The Kier molecular flexibility index (Phi) is 4.05. The lowest BCUT2D eigenvalue weighted by molar-refractivity contribution is -0.139. The van der Waals surface area contributed by atoms with Crippen molar-refractivity contribution >= 4 is 22.6 Å². The lowest BCUT2D eigenvalue weighted by Gasteiger charge is -2.14. The van der Waals surface area contributed by atoms with Crippen molar-refractivity contribution < 1.29 is 14.7 Å². The van der Waals surface area contributed by atoms with E-state index in [4.69, 9.17) is 0 Å². The molecule has 2 aromatic carbocycles. The molecule has 116 valence electrons. The number of amides is 1. The lowest BCUT2D eigenvalue weighted by atomic mass is 10.1. The molecule has 0 spiro atoms. The summed E-state index contributed by atoms with van der Waals surface area (Å²) in [7, 11) is 0. The molecule has 0 aliphatic carbocycles. The van der Waals surface area contributed by atoms with Gasteiger partial charge >= 0.3 is 5.97 Å². The molecule has 1 atom stereocenters. The van der Waals surface area contributed by atoms with Crippen LogP contribution in [0.1, 0.15) is 16.1 Å². The Bertz CT molecular complexity index is 843. The van der Waals surface area contributed by atoms with Crippen LogP contribution in [0.3, 0.4) is 0 Å². The highest BCUT2D eigenvalue weighted by molar-refractivity contribution is 6.00. The number of carbonyl (C=O) groups is 2. The van der Waals surface area contributed by atoms with E-state index in [1.807, 2.05) is 30.3 Å². The van der Waals surface area contributed by atoms with Crippen LogP contribution < -0.4 is 5.32 Å². The number of carbonyl (C=O) groups excluding carboxylic acids is 1. The molecule has 1 heterocycles. The van der Waals surface area contributed by atoms with Gasteiger partial charge in [-0.3, -0.25) is 4.79 Å². The maximum Gasteiger partial charge on any atom is 0.326 e. The Morgan fingerprint density at radius 3 is 2.65 bits per heavy atom. The summed E-state index contributed by atoms with van der Waals surface area (Å²) in [5, 5.41) is 13.8. The number of aromatic amines is 1. The van der Waals surface area contributed by atoms with Gasteiger partial charge in [-0.25, -0.2) is 9.78 Å². The third-order valence-electron chi connectivity index (χ3n) is 3.59. The first kappa shape index (κ1) is 14.8. The second-order valence-electron chi connectivity index (χ2n) is 5.21. The maximum absolute atomic E-state index is 12.3. The molecule has 6 heteroatoms. The van der Waals surface area contributed by atoms with Crippen molar-refractivity contribution in [1.29, 1.82) is 0 Å². The van der Waals surface area contributed by atoms with Crippen molar-refractivity contribution in [1.82, 2.24) is 15.3 Å². The predicted molar refractivity (Wildman–Crippen MR) is 85.1 cm³/mol. The highest BCUT2D eigenvalue weighted by atomic mass is 16.4. The predicted octanol–water partition coefficient (Wildman–Crippen LogP) is 1.99. The Labute approximate surface area is 132 Å². The monoisotopic (exact) mass is 309 g/mol. The molecule has 1 aromatic heterocycles. The number of benzene rings is 2. The van der Waals surface area contributed by atoms with E-state index in [9.17, 15) is 14.7 Å². The van der Waals surface area contributed by atoms with Crippen molar-refractivity contribution in [2.45, 2.75) is 12.5 Å². The lowest BCUT2D eigenvalue weighted by Crippen LogP contribution is -2.42. The number of carboxylic acid groups (broad SMARTS) is 1. The molecule has 1 unspecified atom stereocenters. The van der Waals surface area contributed by atoms with Gasteiger partial charge in [0.1, 0.15) is 6.04 Å². The van der Waals surface area contributed by atoms with Gasteiger partial charge < -0.3 is 15.4 Å². The summed E-state index contributed by atoms with van der Waals surface area (Å²) in [4.78, 5) is 30.4. The molecule has 3 aromatic rings. The summed E-state index contributed by atoms with van der Waals surface area (Å²) < 4.78 is 0. The number of H-pyrrole nitrogens is 1. The molecule has 0 fully saturated rings. The minimum atomic E-state index is -1.09. The molecule has 0 aliphatic rings. The van der Waals surface area contributed by atoms with Gasteiger partial charge in [0, 0.05) is 23.9 Å². The zero-order chi connectivity index (χ0) is 16.2. The van der Waals surface area contributed by atoms with Crippen LogP contribution in [0.4, 0.5) is 0 Å². The van der Waals surface area contributed by atoms with Gasteiger partial charge in [0.05, 0.1) is 6.33 Å². The first-order chi connectivity index (χ1) is 11.1. The summed E-state index contributed by atoms with van der Waals surface area (Å²) in [6.45, 7) is 0. The fraction of sp³-hybridized carbons (Fsp3) is 0.118. The van der Waals surface area contributed by atoms with E-state index >= 15 is 0 Å². The molecule has 0 aliphatic heterocycles. The van der Waals surface area contributed by atoms with Crippen LogP contribution in [0, 0.1) is 0 Å². The van der Waals surface area contributed by atoms with Crippen molar-refractivity contribution in [2.75, 3.05) is 0 Å². The number of hydrogen-bond donors (Lipinski definition) is 3. The standard InChI is InChI=1S/C17H15N3O3/c21-16(13-6-5-11-3-1-2-4-12(11)7-13)20-15(17(22)23)8-14-9-18-10-19-14/h1-7,9-10,15H,8H2,(H,18,19)(H,20,21)(H,22,23). The van der Waals surface area contributed by atoms with Gasteiger partial charge in [-0.2, -0.15) is 0 Å². The number of nitrogens with one attached hydrogen (secondary N) is 2. The molecule has 1 amide bonds. The van der Waals surface area contributed by atoms with E-state index in [0.29, 0.717) is 11.3 Å². The number of aromatic nitrogens is 2. The van der Waals surface area contributed by atoms with Crippen molar-refractivity contribution in [3.8, 4) is 0 Å². The minimum absolute atomic E-state index is 0.147. The molecule has 6 nitrogen and oxygen atoms in total. The number of imidazole rings is 1. The van der Waals surface area contributed by atoms with E-state index in [1.54, 1.807) is 12.1 Å². The van der Waals surface area contributed by atoms with Crippen LogP contribution in [-0.2, 0) is 11.2 Å². The van der Waals surface area contributed by atoms with Gasteiger partial charge in [-0.1, -0.05) is 30.3 Å². The molecule has 23 heavy (non-hydrogen) atoms. The Morgan fingerprint density at radius 1 is 1.17 bits per heavy atom. The van der Waals surface area contributed by atoms with E-state index in [2.05, 4.69) is 15.3 Å². The number of rotatable bonds is 5. The minimum Gasteiger partial charge on any atom is -0.480 e. The van der Waals surface area contributed by atoms with Crippen LogP contribution >= 0.6 is 0 Å². The van der Waals surface area contributed by atoms with Crippen LogP contribution in [0.25, 0.3) is 10.8 Å². The van der Waals surface area contributed by atoms with Crippen LogP contribution in [-0.4, -0.2) is 33.0 Å². The number of hydrogen-bond acceptors (Lipinski definition) is 3. The zero-order valence-corrected chi connectivity index (χ0v) is 12.2. The first-order valence-corrected chi connectivity index (χ1v) is 7.13. The second kappa shape index (κ2) is 6.31. The van der Waals surface area contributed by atoms with Gasteiger partial charge in [0.15, 0.2) is 0 Å². The van der Waals surface area contributed by atoms with Crippen molar-refractivity contribution in [3.63, 3.8) is 0 Å². The number of fused-ring (bicyclic) bond motifs is 1. The van der Waals surface area contributed by atoms with E-state index < -0.39 is 17.9 Å². The third-order valence-corrected chi connectivity index (χ3v) is 3.59. The van der Waals surface area contributed by atoms with Gasteiger partial charge in [-0.05, 0) is 22.9 Å². The number of aliphatic carboxylic acids is 1. The van der Waals surface area contributed by atoms with Gasteiger partial charge in [-0.15, -0.1) is 0 Å². The Balaban J connectivity index is 1.78. The zero-order valence-electron chi connectivity index (χ0n) is 12.2. The molecular formula is C17H15N3O3. The van der Waals surface area contributed by atoms with Gasteiger partial charge in [0.25, 0.3) is 5.91 Å². The quantitative estimate of drug-likeness (QED) is 0.671. The van der Waals surface area contributed by atoms with Crippen molar-refractivity contribution in [2.24, 2.45) is 0 Å². The summed E-state index contributed by atoms with van der Waals surface area (Å²) in [5.74, 6) is -1.50. The fourth-order valence-electron chi connectivity index (χ4n) is 2.39. The first-order valence-electron chi connectivity index (χ1n) is 7.13. The molecule has 0 bridgehead atoms. The topological polar surface area (TPSA) is 95.1 Å². The third kappa shape index (κ3) is 3.37. The maximum atomic E-state index is 12.3. The molecule has 0 saturated carbocycles. The average Bonchev–Trinajstić information content (AvgIpc) is 3.06. The van der Waals surface area contributed by atoms with Crippen molar-refractivity contribution in [3.05, 3.63) is 66.2 Å². The SMILES string of the molecule is O=C(NC(Cc1cnc[nH]1)C(=O)O)c1ccc2ccccc2c1. The molecule has 3 rings (SSSR count).